The van der Waals surface area contributed by atoms with Crippen molar-refractivity contribution in [2.45, 2.75) is 13.3 Å². The number of nitrogens with one attached hydrogen (secondary N) is 2. The van der Waals surface area contributed by atoms with Crippen molar-refractivity contribution in [2.75, 3.05) is 11.1 Å². The normalized spacial score (nSPS) is 10.2. The highest BCUT2D eigenvalue weighted by atomic mass is 16.2. The van der Waals surface area contributed by atoms with Gasteiger partial charge in [-0.25, -0.2) is 0 Å². The number of aryl methyl sites for hydroxylation is 1. The van der Waals surface area contributed by atoms with Crippen LogP contribution in [-0.2, 0) is 6.42 Å². The quantitative estimate of drug-likeness (QED) is 0.739. The minimum atomic E-state index is -0.364. The zero-order valence-corrected chi connectivity index (χ0v) is 9.40. The summed E-state index contributed by atoms with van der Waals surface area (Å²) >= 11 is 0. The maximum atomic E-state index is 11.9. The Morgan fingerprint density at radius 2 is 2.18 bits per heavy atom. The van der Waals surface area contributed by atoms with E-state index in [1.54, 1.807) is 0 Å². The lowest BCUT2D eigenvalue weighted by Crippen LogP contribution is -2.15. The standard InChI is InChI=1S/C11H13N5O/c1-2-7-5-3-4-6-8(7)13-11(17)9-10(12)15-16-14-9/h3-6H,2H2,1H3,(H,13,17)(H3,12,14,15,16). The van der Waals surface area contributed by atoms with Gasteiger partial charge in [-0.3, -0.25) is 4.79 Å². The fourth-order valence-corrected chi connectivity index (χ4v) is 1.54. The summed E-state index contributed by atoms with van der Waals surface area (Å²) in [6, 6.07) is 7.59. The minimum absolute atomic E-state index is 0.0940. The number of aromatic nitrogens is 3. The predicted octanol–water partition coefficient (Wildman–Crippen LogP) is 1.20. The van der Waals surface area contributed by atoms with Gasteiger partial charge in [0.1, 0.15) is 0 Å². The molecule has 2 rings (SSSR count). The topological polar surface area (TPSA) is 96.7 Å². The molecule has 6 nitrogen and oxygen atoms in total. The summed E-state index contributed by atoms with van der Waals surface area (Å²) < 4.78 is 0. The molecule has 0 unspecified atom stereocenters. The number of rotatable bonds is 3. The zero-order chi connectivity index (χ0) is 12.3. The molecule has 1 aromatic carbocycles. The van der Waals surface area contributed by atoms with Crippen molar-refractivity contribution in [3.8, 4) is 0 Å². The van der Waals surface area contributed by atoms with E-state index in [2.05, 4.69) is 20.7 Å². The highest BCUT2D eigenvalue weighted by molar-refractivity contribution is 6.05. The van der Waals surface area contributed by atoms with Gasteiger partial charge in [-0.05, 0) is 18.1 Å². The molecule has 2 aromatic rings. The number of anilines is 2. The summed E-state index contributed by atoms with van der Waals surface area (Å²) in [7, 11) is 0. The van der Waals surface area contributed by atoms with E-state index in [9.17, 15) is 4.79 Å². The molecule has 0 fully saturated rings. The van der Waals surface area contributed by atoms with Gasteiger partial charge in [0.05, 0.1) is 0 Å². The molecule has 0 bridgehead atoms. The molecule has 0 saturated carbocycles. The van der Waals surface area contributed by atoms with E-state index in [-0.39, 0.29) is 17.4 Å². The second-order valence-corrected chi connectivity index (χ2v) is 3.52. The SMILES string of the molecule is CCc1ccccc1NC(=O)c1n[nH]nc1N. The van der Waals surface area contributed by atoms with Crippen molar-refractivity contribution in [1.82, 2.24) is 15.4 Å². The number of carbonyl (C=O) groups excluding carboxylic acids is 1. The van der Waals surface area contributed by atoms with Crippen LogP contribution in [-0.4, -0.2) is 21.3 Å². The summed E-state index contributed by atoms with van der Waals surface area (Å²) in [5, 5.41) is 12.4. The molecule has 88 valence electrons. The number of amides is 1. The molecule has 0 saturated heterocycles. The van der Waals surface area contributed by atoms with Crippen LogP contribution in [0.5, 0.6) is 0 Å². The first-order valence-electron chi connectivity index (χ1n) is 5.28. The van der Waals surface area contributed by atoms with Crippen molar-refractivity contribution in [3.05, 3.63) is 35.5 Å². The summed E-state index contributed by atoms with van der Waals surface area (Å²) in [5.74, 6) is -0.270. The highest BCUT2D eigenvalue weighted by Crippen LogP contribution is 2.16. The van der Waals surface area contributed by atoms with Crippen molar-refractivity contribution in [2.24, 2.45) is 0 Å². The molecule has 0 spiro atoms. The average molecular weight is 231 g/mol. The number of benzene rings is 1. The summed E-state index contributed by atoms with van der Waals surface area (Å²) in [6.45, 7) is 2.02. The van der Waals surface area contributed by atoms with Crippen molar-refractivity contribution >= 4 is 17.4 Å². The predicted molar refractivity (Wildman–Crippen MR) is 64.6 cm³/mol. The molecule has 6 heteroatoms. The van der Waals surface area contributed by atoms with Crippen molar-refractivity contribution < 1.29 is 4.79 Å². The fourth-order valence-electron chi connectivity index (χ4n) is 1.54. The van der Waals surface area contributed by atoms with Crippen LogP contribution >= 0.6 is 0 Å². The molecule has 1 aromatic heterocycles. The molecule has 17 heavy (non-hydrogen) atoms. The first kappa shape index (κ1) is 11.1. The van der Waals surface area contributed by atoms with Gasteiger partial charge < -0.3 is 11.1 Å². The summed E-state index contributed by atoms with van der Waals surface area (Å²) in [6.07, 6.45) is 0.838. The maximum Gasteiger partial charge on any atom is 0.280 e. The van der Waals surface area contributed by atoms with Crippen molar-refractivity contribution in [3.63, 3.8) is 0 Å². The maximum absolute atomic E-state index is 11.9. The average Bonchev–Trinajstić information content (AvgIpc) is 2.76. The Balaban J connectivity index is 2.22. The first-order valence-corrected chi connectivity index (χ1v) is 5.28. The van der Waals surface area contributed by atoms with Gasteiger partial charge >= 0.3 is 0 Å². The third-order valence-electron chi connectivity index (χ3n) is 2.44. The lowest BCUT2D eigenvalue weighted by molar-refractivity contribution is 0.102. The molecule has 0 radical (unpaired) electrons. The van der Waals surface area contributed by atoms with Gasteiger partial charge in [0.25, 0.3) is 5.91 Å². The second-order valence-electron chi connectivity index (χ2n) is 3.52. The lowest BCUT2D eigenvalue weighted by atomic mass is 10.1. The largest absolute Gasteiger partial charge is 0.380 e. The monoisotopic (exact) mass is 231 g/mol. The number of nitrogens with zero attached hydrogens (tertiary/aromatic N) is 2. The van der Waals surface area contributed by atoms with E-state index in [0.717, 1.165) is 17.7 Å². The van der Waals surface area contributed by atoms with E-state index < -0.39 is 0 Å². The van der Waals surface area contributed by atoms with Crippen LogP contribution in [0.25, 0.3) is 0 Å². The molecule has 1 heterocycles. The molecular weight excluding hydrogens is 218 g/mol. The van der Waals surface area contributed by atoms with Crippen LogP contribution in [0.3, 0.4) is 0 Å². The van der Waals surface area contributed by atoms with Gasteiger partial charge in [-0.15, -0.1) is 10.2 Å². The third kappa shape index (κ3) is 2.25. The Labute approximate surface area is 98.2 Å². The van der Waals surface area contributed by atoms with E-state index in [0.29, 0.717) is 0 Å². The van der Waals surface area contributed by atoms with E-state index in [1.165, 1.54) is 0 Å². The van der Waals surface area contributed by atoms with E-state index in [4.69, 9.17) is 5.73 Å². The Hall–Kier alpha value is -2.37. The Morgan fingerprint density at radius 3 is 2.82 bits per heavy atom. The van der Waals surface area contributed by atoms with Crippen LogP contribution in [0.1, 0.15) is 23.0 Å². The smallest absolute Gasteiger partial charge is 0.280 e. The fraction of sp³-hybridized carbons (Fsp3) is 0.182. The molecule has 0 atom stereocenters. The molecule has 0 aliphatic rings. The number of carbonyl (C=O) groups is 1. The van der Waals surface area contributed by atoms with Gasteiger partial charge in [0, 0.05) is 5.69 Å². The lowest BCUT2D eigenvalue weighted by Gasteiger charge is -2.08. The number of nitrogens with two attached hydrogens (primary N) is 1. The Morgan fingerprint density at radius 1 is 1.41 bits per heavy atom. The number of nitrogen functional groups attached to an aromatic ring is 1. The zero-order valence-electron chi connectivity index (χ0n) is 9.40. The molecule has 4 N–H and O–H groups in total. The van der Waals surface area contributed by atoms with Gasteiger partial charge in [0.15, 0.2) is 11.5 Å². The van der Waals surface area contributed by atoms with Gasteiger partial charge in [-0.2, -0.15) is 5.21 Å². The highest BCUT2D eigenvalue weighted by Gasteiger charge is 2.14. The summed E-state index contributed by atoms with van der Waals surface area (Å²) in [4.78, 5) is 11.9. The number of para-hydroxylation sites is 1. The molecular formula is C11H13N5O. The number of hydrogen-bond donors (Lipinski definition) is 3. The van der Waals surface area contributed by atoms with Crippen LogP contribution in [0, 0.1) is 0 Å². The molecule has 0 aliphatic carbocycles. The van der Waals surface area contributed by atoms with Crippen LogP contribution in [0.2, 0.25) is 0 Å². The van der Waals surface area contributed by atoms with Crippen LogP contribution in [0.15, 0.2) is 24.3 Å². The molecule has 0 aliphatic heterocycles. The first-order chi connectivity index (χ1) is 8.22. The van der Waals surface area contributed by atoms with Gasteiger partial charge in [0.2, 0.25) is 0 Å². The Bertz CT molecular complexity index is 534. The van der Waals surface area contributed by atoms with Crippen LogP contribution < -0.4 is 11.1 Å². The number of hydrogen-bond acceptors (Lipinski definition) is 4. The van der Waals surface area contributed by atoms with Crippen LogP contribution in [0.4, 0.5) is 11.5 Å². The van der Waals surface area contributed by atoms with E-state index in [1.807, 2.05) is 31.2 Å². The van der Waals surface area contributed by atoms with Gasteiger partial charge in [-0.1, -0.05) is 25.1 Å². The number of aromatic amines is 1. The second kappa shape index (κ2) is 4.65. The minimum Gasteiger partial charge on any atom is -0.380 e. The third-order valence-corrected chi connectivity index (χ3v) is 2.44. The van der Waals surface area contributed by atoms with E-state index >= 15 is 0 Å². The Kier molecular flexibility index (Phi) is 3.04. The van der Waals surface area contributed by atoms with Crippen molar-refractivity contribution in [1.29, 1.82) is 0 Å². The summed E-state index contributed by atoms with van der Waals surface area (Å²) in [5.41, 5.74) is 7.43. The number of H-pyrrole nitrogens is 1. The molecule has 1 amide bonds.